The Hall–Kier alpha value is -6.78. The number of benzene rings is 8. The van der Waals surface area contributed by atoms with Crippen LogP contribution in [-0.2, 0) is 37.9 Å². The Morgan fingerprint density at radius 1 is 0.430 bits per heavy atom. The molecule has 8 aromatic carbocycles. The number of hydrogen-bond acceptors (Lipinski definition) is 3. The van der Waals surface area contributed by atoms with Gasteiger partial charge in [-0.25, -0.2) is 0 Å². The summed E-state index contributed by atoms with van der Waals surface area (Å²) in [5.41, 5.74) is 30.4. The molecule has 400 valence electrons. The summed E-state index contributed by atoms with van der Waals surface area (Å²) >= 11 is 0. The first-order valence-electron chi connectivity index (χ1n) is 29.6. The fourth-order valence-electron chi connectivity index (χ4n) is 15.8. The van der Waals surface area contributed by atoms with Gasteiger partial charge in [0.1, 0.15) is 0 Å². The van der Waals surface area contributed by atoms with Gasteiger partial charge in [0.2, 0.25) is 0 Å². The third-order valence-electron chi connectivity index (χ3n) is 19.8. The van der Waals surface area contributed by atoms with Crippen LogP contribution < -0.4 is 31.1 Å². The van der Waals surface area contributed by atoms with Gasteiger partial charge in [-0.2, -0.15) is 0 Å². The molecule has 0 amide bonds. The zero-order chi connectivity index (χ0) is 55.9. The van der Waals surface area contributed by atoms with Crippen molar-refractivity contribution in [1.82, 2.24) is 0 Å². The highest BCUT2D eigenvalue weighted by Crippen LogP contribution is 2.60. The van der Waals surface area contributed by atoms with Crippen molar-refractivity contribution in [3.05, 3.63) is 202 Å². The van der Waals surface area contributed by atoms with Gasteiger partial charge in [0, 0.05) is 56.5 Å². The van der Waals surface area contributed by atoms with Crippen LogP contribution in [0.5, 0.6) is 0 Å². The minimum absolute atomic E-state index is 0.00401. The Morgan fingerprint density at radius 2 is 0.949 bits per heavy atom. The lowest BCUT2D eigenvalue weighted by molar-refractivity contribution is 0.332. The summed E-state index contributed by atoms with van der Waals surface area (Å²) in [5, 5.41) is 0. The van der Waals surface area contributed by atoms with Crippen LogP contribution in [0.15, 0.2) is 152 Å². The molecule has 5 aliphatic rings. The monoisotopic (exact) mass is 1040 g/mol. The van der Waals surface area contributed by atoms with Gasteiger partial charge in [0.25, 0.3) is 6.71 Å². The van der Waals surface area contributed by atoms with E-state index >= 15 is 0 Å². The fourth-order valence-corrected chi connectivity index (χ4v) is 15.8. The fraction of sp³-hybridized carbons (Fsp3) is 0.360. The maximum atomic E-state index is 2.77. The summed E-state index contributed by atoms with van der Waals surface area (Å²) in [6.07, 6.45) is 3.45. The van der Waals surface area contributed by atoms with Crippen molar-refractivity contribution in [2.75, 3.05) is 14.7 Å². The molecule has 0 atom stereocenters. The lowest BCUT2D eigenvalue weighted by Gasteiger charge is -2.47. The summed E-state index contributed by atoms with van der Waals surface area (Å²) in [7, 11) is 0. The maximum Gasteiger partial charge on any atom is 0.252 e. The van der Waals surface area contributed by atoms with E-state index in [1.54, 1.807) is 0 Å². The van der Waals surface area contributed by atoms with Crippen LogP contribution in [0.2, 0.25) is 0 Å². The number of anilines is 9. The van der Waals surface area contributed by atoms with E-state index in [-0.39, 0.29) is 44.6 Å². The summed E-state index contributed by atoms with van der Waals surface area (Å²) in [6, 6.07) is 59.5. The predicted molar refractivity (Wildman–Crippen MR) is 341 cm³/mol. The highest BCUT2D eigenvalue weighted by molar-refractivity contribution is 7.00. The van der Waals surface area contributed by atoms with Crippen molar-refractivity contribution in [1.29, 1.82) is 0 Å². The number of hydrogen-bond donors (Lipinski definition) is 0. The minimum Gasteiger partial charge on any atom is -0.311 e. The van der Waals surface area contributed by atoms with Crippen molar-refractivity contribution in [2.45, 2.75) is 175 Å². The maximum absolute atomic E-state index is 2.77. The molecular formula is C75H82BN3. The molecule has 0 bridgehead atoms. The quantitative estimate of drug-likeness (QED) is 0.159. The normalized spacial score (nSPS) is 18.2. The van der Waals surface area contributed by atoms with Crippen molar-refractivity contribution in [3.63, 3.8) is 0 Å². The van der Waals surface area contributed by atoms with Crippen LogP contribution in [0.4, 0.5) is 51.2 Å². The molecule has 3 aliphatic carbocycles. The van der Waals surface area contributed by atoms with Gasteiger partial charge in [-0.1, -0.05) is 196 Å². The lowest BCUT2D eigenvalue weighted by Crippen LogP contribution is -2.61. The smallest absolute Gasteiger partial charge is 0.252 e. The summed E-state index contributed by atoms with van der Waals surface area (Å²) in [6.45, 7) is 41.6. The van der Waals surface area contributed by atoms with Gasteiger partial charge in [-0.3, -0.25) is 0 Å². The Labute approximate surface area is 474 Å². The predicted octanol–water partition coefficient (Wildman–Crippen LogP) is 18.8. The van der Waals surface area contributed by atoms with Crippen LogP contribution in [0.1, 0.15) is 180 Å². The molecule has 2 aliphatic heterocycles. The average molecular weight is 1040 g/mol. The molecule has 2 heterocycles. The Morgan fingerprint density at radius 3 is 1.54 bits per heavy atom. The van der Waals surface area contributed by atoms with Crippen molar-refractivity contribution < 1.29 is 0 Å². The molecule has 4 heteroatoms. The molecule has 79 heavy (non-hydrogen) atoms. The van der Waals surface area contributed by atoms with Crippen LogP contribution in [0, 0.1) is 6.92 Å². The molecule has 0 saturated carbocycles. The van der Waals surface area contributed by atoms with E-state index in [9.17, 15) is 0 Å². The highest BCUT2D eigenvalue weighted by Gasteiger charge is 2.51. The number of rotatable bonds is 5. The summed E-state index contributed by atoms with van der Waals surface area (Å²) in [5.74, 6) is 0. The third-order valence-corrected chi connectivity index (χ3v) is 19.8. The van der Waals surface area contributed by atoms with E-state index in [1.165, 1.54) is 118 Å². The van der Waals surface area contributed by atoms with E-state index in [0.717, 1.165) is 29.9 Å². The molecule has 0 spiro atoms. The Kier molecular flexibility index (Phi) is 11.0. The first kappa shape index (κ1) is 51.6. The van der Waals surface area contributed by atoms with Gasteiger partial charge in [-0.05, 0) is 197 Å². The first-order valence-corrected chi connectivity index (χ1v) is 29.6. The zero-order valence-electron chi connectivity index (χ0n) is 50.5. The van der Waals surface area contributed by atoms with Crippen LogP contribution in [-0.4, -0.2) is 6.71 Å². The second kappa shape index (κ2) is 16.9. The lowest BCUT2D eigenvalue weighted by atomic mass is 9.33. The molecule has 0 saturated heterocycles. The Balaban J connectivity index is 1.20. The van der Waals surface area contributed by atoms with Crippen LogP contribution in [0.3, 0.4) is 0 Å². The second-order valence-corrected chi connectivity index (χ2v) is 29.7. The number of aryl methyl sites for hydroxylation is 1. The largest absolute Gasteiger partial charge is 0.311 e. The SMILES string of the molecule is Cc1cc2c(cc1N1c3cc4c(cc3B3c5ccc(N(c6ccccc6)c6ccccc6)cc5N(c5ccc(C(C)(C)C)c6c5-c5ccccc5C6(C)C)c5cc(C(C)(C)C)cc1c53)C(C)(C)CC4(C)C)C(C)(C)CCC2(C)C. The molecule has 0 radical (unpaired) electrons. The Bertz CT molecular complexity index is 3800. The number of para-hydroxylation sites is 2. The summed E-state index contributed by atoms with van der Waals surface area (Å²) in [4.78, 5) is 7.96. The highest BCUT2D eigenvalue weighted by atomic mass is 15.2. The molecule has 8 aromatic rings. The van der Waals surface area contributed by atoms with Crippen molar-refractivity contribution >= 4 is 74.3 Å². The van der Waals surface area contributed by atoms with E-state index in [4.69, 9.17) is 0 Å². The molecular weight excluding hydrogens is 954 g/mol. The van der Waals surface area contributed by atoms with E-state index in [1.807, 2.05) is 0 Å². The number of nitrogens with zero attached hydrogens (tertiary/aromatic N) is 3. The molecule has 3 nitrogen and oxygen atoms in total. The second-order valence-electron chi connectivity index (χ2n) is 29.7. The van der Waals surface area contributed by atoms with E-state index in [2.05, 4.69) is 284 Å². The first-order chi connectivity index (χ1) is 37.1. The molecule has 0 unspecified atom stereocenters. The van der Waals surface area contributed by atoms with Gasteiger partial charge >= 0.3 is 0 Å². The summed E-state index contributed by atoms with van der Waals surface area (Å²) < 4.78 is 0. The topological polar surface area (TPSA) is 9.72 Å². The third kappa shape index (κ3) is 7.65. The molecule has 0 N–H and O–H groups in total. The van der Waals surface area contributed by atoms with Gasteiger partial charge in [0.05, 0.1) is 5.69 Å². The number of fused-ring (bicyclic) bond motifs is 9. The van der Waals surface area contributed by atoms with Crippen molar-refractivity contribution in [2.24, 2.45) is 0 Å². The minimum atomic E-state index is -0.222. The van der Waals surface area contributed by atoms with Gasteiger partial charge < -0.3 is 14.7 Å². The van der Waals surface area contributed by atoms with Gasteiger partial charge in [0.15, 0.2) is 0 Å². The van der Waals surface area contributed by atoms with Crippen LogP contribution >= 0.6 is 0 Å². The van der Waals surface area contributed by atoms with E-state index in [0.29, 0.717) is 0 Å². The zero-order valence-corrected chi connectivity index (χ0v) is 50.5. The molecule has 0 fully saturated rings. The van der Waals surface area contributed by atoms with Gasteiger partial charge in [-0.15, -0.1) is 0 Å². The van der Waals surface area contributed by atoms with Crippen LogP contribution in [0.25, 0.3) is 11.1 Å². The van der Waals surface area contributed by atoms with E-state index < -0.39 is 0 Å². The standard InChI is InChI=1S/C75H82BN3/c1-46-38-54-56(72(10,11)37-36-71(54,8)9)43-61(46)79-63-44-57-55(73(12,13)45-74(57,14)15)42-59(63)76-58-34-32-50(77(48-26-20-18-21-27-48)49-28-22-19-23-29-49)41-62(58)78(64-39-47(69(2,3)4)40-65(79)68(64)76)60-35-33-53(70(5,6)7)67-66(60)51-30-24-25-31-52(51)75(67,16)17/h18-35,38-44H,36-37,45H2,1-17H3. The average Bonchev–Trinajstić information content (AvgIpc) is 2.68. The molecule has 13 rings (SSSR count). The molecule has 0 aromatic heterocycles. The van der Waals surface area contributed by atoms with Crippen molar-refractivity contribution in [3.8, 4) is 11.1 Å².